The molecule has 0 bridgehead atoms. The molecule has 2 rings (SSSR count). The maximum absolute atomic E-state index is 12.0. The molecule has 1 saturated heterocycles. The number of amides is 1. The minimum atomic E-state index is -3.68. The Kier molecular flexibility index (Phi) is 3.37. The molecular formula is C9H14N4O4S. The van der Waals surface area contributed by atoms with Gasteiger partial charge < -0.3 is 9.32 Å². The van der Waals surface area contributed by atoms with Crippen molar-refractivity contribution in [2.24, 2.45) is 5.14 Å². The molecule has 1 aromatic heterocycles. The van der Waals surface area contributed by atoms with Crippen LogP contribution in [-0.2, 0) is 10.2 Å². The first kappa shape index (κ1) is 13.0. The van der Waals surface area contributed by atoms with Gasteiger partial charge in [-0.05, 0) is 6.92 Å². The molecule has 100 valence electrons. The maximum Gasteiger partial charge on any atom is 0.291 e. The molecule has 1 aliphatic heterocycles. The van der Waals surface area contributed by atoms with Crippen LogP contribution >= 0.6 is 0 Å². The van der Waals surface area contributed by atoms with Crippen molar-refractivity contribution in [1.29, 1.82) is 0 Å². The van der Waals surface area contributed by atoms with Gasteiger partial charge >= 0.3 is 0 Å². The zero-order valence-corrected chi connectivity index (χ0v) is 10.7. The van der Waals surface area contributed by atoms with Crippen LogP contribution in [0, 0.1) is 6.92 Å². The Morgan fingerprint density at radius 3 is 2.44 bits per heavy atom. The summed E-state index contributed by atoms with van der Waals surface area (Å²) >= 11 is 0. The lowest BCUT2D eigenvalue weighted by molar-refractivity contribution is 0.0665. The number of aryl methyl sites for hydroxylation is 1. The predicted molar refractivity (Wildman–Crippen MR) is 61.8 cm³/mol. The van der Waals surface area contributed by atoms with Crippen LogP contribution in [0.25, 0.3) is 0 Å². The summed E-state index contributed by atoms with van der Waals surface area (Å²) in [5.74, 6) is -0.0851. The Labute approximate surface area is 105 Å². The standard InChI is InChI=1S/C9H14N4O4S/c1-7-8(17-6-11-7)9(14)12-2-4-13(5-3-12)18(10,15)16/h6H,2-5H2,1H3,(H2,10,15,16). The van der Waals surface area contributed by atoms with E-state index in [4.69, 9.17) is 9.56 Å². The van der Waals surface area contributed by atoms with Gasteiger partial charge in [-0.25, -0.2) is 10.1 Å². The van der Waals surface area contributed by atoms with Crippen molar-refractivity contribution in [3.8, 4) is 0 Å². The van der Waals surface area contributed by atoms with E-state index in [0.717, 1.165) is 4.31 Å². The first-order valence-electron chi connectivity index (χ1n) is 5.37. The van der Waals surface area contributed by atoms with Crippen LogP contribution in [0.4, 0.5) is 0 Å². The fraction of sp³-hybridized carbons (Fsp3) is 0.556. The third-order valence-corrected chi connectivity index (χ3v) is 3.91. The lowest BCUT2D eigenvalue weighted by Gasteiger charge is -2.32. The van der Waals surface area contributed by atoms with Gasteiger partial charge in [0.25, 0.3) is 16.1 Å². The van der Waals surface area contributed by atoms with Gasteiger partial charge in [0.05, 0.1) is 5.69 Å². The van der Waals surface area contributed by atoms with Gasteiger partial charge in [0, 0.05) is 26.2 Å². The molecule has 0 radical (unpaired) electrons. The summed E-state index contributed by atoms with van der Waals surface area (Å²) in [6, 6.07) is 0. The summed E-state index contributed by atoms with van der Waals surface area (Å²) in [7, 11) is -3.68. The smallest absolute Gasteiger partial charge is 0.291 e. The van der Waals surface area contributed by atoms with E-state index >= 15 is 0 Å². The second-order valence-corrected chi connectivity index (χ2v) is 5.55. The number of nitrogens with two attached hydrogens (primary N) is 1. The molecule has 2 heterocycles. The average Bonchev–Trinajstić information content (AvgIpc) is 2.73. The van der Waals surface area contributed by atoms with Crippen molar-refractivity contribution < 1.29 is 17.6 Å². The van der Waals surface area contributed by atoms with Crippen molar-refractivity contribution in [3.05, 3.63) is 17.8 Å². The Morgan fingerprint density at radius 2 is 2.00 bits per heavy atom. The fourth-order valence-corrected chi connectivity index (χ4v) is 2.47. The van der Waals surface area contributed by atoms with Crippen molar-refractivity contribution in [3.63, 3.8) is 0 Å². The van der Waals surface area contributed by atoms with Crippen LogP contribution in [0.15, 0.2) is 10.8 Å². The zero-order valence-electron chi connectivity index (χ0n) is 9.87. The maximum atomic E-state index is 12.0. The first-order valence-corrected chi connectivity index (χ1v) is 6.87. The van der Waals surface area contributed by atoms with Crippen molar-refractivity contribution in [2.45, 2.75) is 6.92 Å². The van der Waals surface area contributed by atoms with Crippen molar-refractivity contribution >= 4 is 16.1 Å². The van der Waals surface area contributed by atoms with E-state index in [1.165, 1.54) is 11.3 Å². The highest BCUT2D eigenvalue weighted by atomic mass is 32.2. The topological polar surface area (TPSA) is 110 Å². The third-order valence-electron chi connectivity index (χ3n) is 2.83. The Balaban J connectivity index is 2.03. The molecule has 9 heteroatoms. The minimum Gasteiger partial charge on any atom is -0.438 e. The molecule has 0 unspecified atom stereocenters. The lowest BCUT2D eigenvalue weighted by atomic mass is 10.3. The van der Waals surface area contributed by atoms with Gasteiger partial charge in [-0.15, -0.1) is 0 Å². The second kappa shape index (κ2) is 4.67. The molecule has 1 aliphatic rings. The van der Waals surface area contributed by atoms with Gasteiger partial charge in [-0.2, -0.15) is 12.7 Å². The van der Waals surface area contributed by atoms with Gasteiger partial charge in [-0.3, -0.25) is 4.79 Å². The average molecular weight is 274 g/mol. The third kappa shape index (κ3) is 2.52. The largest absolute Gasteiger partial charge is 0.438 e. The number of aromatic nitrogens is 1. The number of hydrogen-bond donors (Lipinski definition) is 1. The summed E-state index contributed by atoms with van der Waals surface area (Å²) in [5.41, 5.74) is 0.522. The SMILES string of the molecule is Cc1ncoc1C(=O)N1CCN(S(N)(=O)=O)CC1. The summed E-state index contributed by atoms with van der Waals surface area (Å²) in [6.07, 6.45) is 1.21. The number of piperazine rings is 1. The summed E-state index contributed by atoms with van der Waals surface area (Å²) in [6.45, 7) is 2.64. The number of nitrogens with zero attached hydrogens (tertiary/aromatic N) is 3. The summed E-state index contributed by atoms with van der Waals surface area (Å²) < 4.78 is 28.4. The van der Waals surface area contributed by atoms with Crippen LogP contribution < -0.4 is 5.14 Å². The quantitative estimate of drug-likeness (QED) is 0.739. The number of hydrogen-bond acceptors (Lipinski definition) is 5. The zero-order chi connectivity index (χ0) is 13.3. The van der Waals surface area contributed by atoms with Crippen LogP contribution in [0.3, 0.4) is 0 Å². The molecule has 1 aromatic rings. The minimum absolute atomic E-state index is 0.192. The molecule has 1 amide bonds. The van der Waals surface area contributed by atoms with Crippen LogP contribution in [0.2, 0.25) is 0 Å². The van der Waals surface area contributed by atoms with Crippen LogP contribution in [0.1, 0.15) is 16.2 Å². The van der Waals surface area contributed by atoms with Crippen molar-refractivity contribution in [2.75, 3.05) is 26.2 Å². The molecule has 0 aromatic carbocycles. The molecule has 18 heavy (non-hydrogen) atoms. The van der Waals surface area contributed by atoms with E-state index in [1.54, 1.807) is 6.92 Å². The highest BCUT2D eigenvalue weighted by Crippen LogP contribution is 2.12. The normalized spacial score (nSPS) is 18.0. The Hall–Kier alpha value is -1.45. The Bertz CT molecular complexity index is 545. The number of carbonyl (C=O) groups excluding carboxylic acids is 1. The molecule has 2 N–H and O–H groups in total. The van der Waals surface area contributed by atoms with E-state index in [9.17, 15) is 13.2 Å². The highest BCUT2D eigenvalue weighted by Gasteiger charge is 2.29. The number of rotatable bonds is 2. The molecule has 0 saturated carbocycles. The van der Waals surface area contributed by atoms with E-state index in [2.05, 4.69) is 4.98 Å². The van der Waals surface area contributed by atoms with Gasteiger partial charge in [0.1, 0.15) is 0 Å². The molecule has 1 fully saturated rings. The first-order chi connectivity index (χ1) is 8.39. The molecule has 0 spiro atoms. The Morgan fingerprint density at radius 1 is 1.39 bits per heavy atom. The van der Waals surface area contributed by atoms with E-state index in [0.29, 0.717) is 5.69 Å². The fourth-order valence-electron chi connectivity index (χ4n) is 1.80. The van der Waals surface area contributed by atoms with E-state index in [-0.39, 0.29) is 37.8 Å². The summed E-state index contributed by atoms with van der Waals surface area (Å²) in [5, 5.41) is 5.02. The monoisotopic (exact) mass is 274 g/mol. The molecule has 8 nitrogen and oxygen atoms in total. The highest BCUT2D eigenvalue weighted by molar-refractivity contribution is 7.86. The number of oxazole rings is 1. The van der Waals surface area contributed by atoms with Gasteiger partial charge in [0.2, 0.25) is 5.76 Å². The van der Waals surface area contributed by atoms with Crippen LogP contribution in [-0.4, -0.2) is 54.7 Å². The van der Waals surface area contributed by atoms with E-state index in [1.807, 2.05) is 0 Å². The molecular weight excluding hydrogens is 260 g/mol. The van der Waals surface area contributed by atoms with Gasteiger partial charge in [0.15, 0.2) is 6.39 Å². The predicted octanol–water partition coefficient (Wildman–Crippen LogP) is -1.06. The van der Waals surface area contributed by atoms with E-state index < -0.39 is 10.2 Å². The lowest BCUT2D eigenvalue weighted by Crippen LogP contribution is -2.52. The summed E-state index contributed by atoms with van der Waals surface area (Å²) in [4.78, 5) is 17.4. The van der Waals surface area contributed by atoms with Crippen molar-refractivity contribution in [1.82, 2.24) is 14.2 Å². The van der Waals surface area contributed by atoms with Crippen LogP contribution in [0.5, 0.6) is 0 Å². The van der Waals surface area contributed by atoms with Gasteiger partial charge in [-0.1, -0.05) is 0 Å². The molecule has 0 atom stereocenters. The number of carbonyl (C=O) groups is 1. The second-order valence-electron chi connectivity index (χ2n) is 4.00. The molecule has 0 aliphatic carbocycles.